The maximum Gasteiger partial charge on any atom is 0.325 e. The number of hydrogen-bond acceptors (Lipinski definition) is 4. The van der Waals surface area contributed by atoms with Crippen LogP contribution in [0.4, 0.5) is 0 Å². The van der Waals surface area contributed by atoms with Crippen LogP contribution in [0, 0.1) is 0 Å². The van der Waals surface area contributed by atoms with Gasteiger partial charge in [0, 0.05) is 13.2 Å². The van der Waals surface area contributed by atoms with Gasteiger partial charge in [0.05, 0.1) is 6.61 Å². The smallest absolute Gasteiger partial charge is 0.325 e. The second-order valence-corrected chi connectivity index (χ2v) is 4.07. The van der Waals surface area contributed by atoms with Crippen LogP contribution >= 0.6 is 0 Å². The lowest BCUT2D eigenvalue weighted by Gasteiger charge is -2.23. The predicted octanol–water partition coefficient (Wildman–Crippen LogP) is 0.967. The van der Waals surface area contributed by atoms with Crippen LogP contribution in [0.15, 0.2) is 0 Å². The third-order valence-electron chi connectivity index (χ3n) is 2.64. The lowest BCUT2D eigenvalue weighted by Crippen LogP contribution is -2.42. The van der Waals surface area contributed by atoms with E-state index in [0.717, 1.165) is 19.3 Å². The van der Waals surface area contributed by atoms with Gasteiger partial charge in [0.15, 0.2) is 0 Å². The van der Waals surface area contributed by atoms with Crippen LogP contribution in [0.3, 0.4) is 0 Å². The van der Waals surface area contributed by atoms with Crippen molar-refractivity contribution in [2.24, 2.45) is 0 Å². The van der Waals surface area contributed by atoms with E-state index in [2.05, 4.69) is 0 Å². The third kappa shape index (κ3) is 4.34. The van der Waals surface area contributed by atoms with E-state index in [1.54, 1.807) is 6.92 Å². The molecule has 0 radical (unpaired) electrons. The minimum atomic E-state index is -0.365. The fourth-order valence-corrected chi connectivity index (χ4v) is 1.88. The first-order valence-corrected chi connectivity index (χ1v) is 6.25. The summed E-state index contributed by atoms with van der Waals surface area (Å²) in [4.78, 5) is 25.0. The molecule has 0 N–H and O–H groups in total. The normalized spacial score (nSPS) is 19.1. The topological polar surface area (TPSA) is 55.8 Å². The minimum Gasteiger partial charge on any atom is -0.465 e. The lowest BCUT2D eigenvalue weighted by atomic mass is 10.2. The summed E-state index contributed by atoms with van der Waals surface area (Å²) in [5.41, 5.74) is 0. The lowest BCUT2D eigenvalue weighted by molar-refractivity contribution is -0.152. The molecule has 5 heteroatoms. The number of carbonyl (C=O) groups is 2. The van der Waals surface area contributed by atoms with E-state index in [1.807, 2.05) is 6.92 Å². The molecule has 1 fully saturated rings. The summed E-state index contributed by atoms with van der Waals surface area (Å²) in [6.07, 6.45) is 2.12. The average molecular weight is 243 g/mol. The van der Waals surface area contributed by atoms with E-state index in [9.17, 15) is 9.59 Å². The van der Waals surface area contributed by atoms with Crippen LogP contribution in [0.5, 0.6) is 0 Å². The molecular weight excluding hydrogens is 222 g/mol. The molecule has 0 aromatic heterocycles. The highest BCUT2D eigenvalue weighted by molar-refractivity contribution is 5.85. The molecule has 0 aliphatic carbocycles. The van der Waals surface area contributed by atoms with E-state index in [0.29, 0.717) is 19.8 Å². The van der Waals surface area contributed by atoms with Crippen molar-refractivity contribution >= 4 is 11.9 Å². The molecule has 1 amide bonds. The van der Waals surface area contributed by atoms with Crippen molar-refractivity contribution < 1.29 is 19.1 Å². The standard InChI is InChI=1S/C12H21NO4/c1-3-7-13(9-11(14)16-4-2)12(15)10-6-5-8-17-10/h10H,3-9H2,1-2H3/t10-/m1/s1. The van der Waals surface area contributed by atoms with Crippen molar-refractivity contribution in [2.75, 3.05) is 26.3 Å². The van der Waals surface area contributed by atoms with Crippen LogP contribution in [-0.2, 0) is 19.1 Å². The largest absolute Gasteiger partial charge is 0.465 e. The zero-order valence-electron chi connectivity index (χ0n) is 10.6. The fourth-order valence-electron chi connectivity index (χ4n) is 1.88. The molecule has 5 nitrogen and oxygen atoms in total. The Labute approximate surface area is 102 Å². The van der Waals surface area contributed by atoms with Crippen LogP contribution in [-0.4, -0.2) is 49.2 Å². The van der Waals surface area contributed by atoms with Gasteiger partial charge in [-0.1, -0.05) is 6.92 Å². The van der Waals surface area contributed by atoms with Gasteiger partial charge in [-0.15, -0.1) is 0 Å². The molecule has 0 aromatic rings. The quantitative estimate of drug-likeness (QED) is 0.652. The Hall–Kier alpha value is -1.10. The molecule has 0 unspecified atom stereocenters. The molecule has 1 saturated heterocycles. The van der Waals surface area contributed by atoms with Gasteiger partial charge in [-0.3, -0.25) is 9.59 Å². The molecule has 1 heterocycles. The summed E-state index contributed by atoms with van der Waals surface area (Å²) in [5, 5.41) is 0. The fraction of sp³-hybridized carbons (Fsp3) is 0.833. The molecule has 1 rings (SSSR count). The van der Waals surface area contributed by atoms with Gasteiger partial charge in [-0.05, 0) is 26.2 Å². The second-order valence-electron chi connectivity index (χ2n) is 4.07. The van der Waals surface area contributed by atoms with Crippen molar-refractivity contribution in [1.29, 1.82) is 0 Å². The summed E-state index contributed by atoms with van der Waals surface area (Å²) in [7, 11) is 0. The van der Waals surface area contributed by atoms with Crippen molar-refractivity contribution in [3.8, 4) is 0 Å². The molecule has 0 aromatic carbocycles. The van der Waals surface area contributed by atoms with Crippen molar-refractivity contribution in [1.82, 2.24) is 4.90 Å². The van der Waals surface area contributed by atoms with Gasteiger partial charge >= 0.3 is 5.97 Å². The van der Waals surface area contributed by atoms with E-state index in [-0.39, 0.29) is 24.5 Å². The molecule has 1 aliphatic rings. The van der Waals surface area contributed by atoms with Crippen molar-refractivity contribution in [3.63, 3.8) is 0 Å². The molecule has 0 saturated carbocycles. The van der Waals surface area contributed by atoms with Gasteiger partial charge in [-0.25, -0.2) is 0 Å². The number of nitrogens with zero attached hydrogens (tertiary/aromatic N) is 1. The third-order valence-corrected chi connectivity index (χ3v) is 2.64. The number of rotatable bonds is 6. The summed E-state index contributed by atoms with van der Waals surface area (Å²) < 4.78 is 10.2. The maximum absolute atomic E-state index is 12.1. The Morgan fingerprint density at radius 3 is 2.71 bits per heavy atom. The van der Waals surface area contributed by atoms with Crippen LogP contribution in [0.25, 0.3) is 0 Å². The first kappa shape index (κ1) is 14.0. The number of amides is 1. The van der Waals surface area contributed by atoms with Crippen LogP contribution in [0.2, 0.25) is 0 Å². The Morgan fingerprint density at radius 2 is 2.18 bits per heavy atom. The first-order valence-electron chi connectivity index (χ1n) is 6.25. The zero-order chi connectivity index (χ0) is 12.7. The molecule has 1 aliphatic heterocycles. The summed E-state index contributed by atoms with van der Waals surface area (Å²) in [6.45, 7) is 5.30. The van der Waals surface area contributed by atoms with Crippen molar-refractivity contribution in [2.45, 2.75) is 39.2 Å². The molecule has 0 bridgehead atoms. The molecule has 98 valence electrons. The van der Waals surface area contributed by atoms with Gasteiger partial charge in [-0.2, -0.15) is 0 Å². The average Bonchev–Trinajstić information content (AvgIpc) is 2.81. The SMILES string of the molecule is CCCN(CC(=O)OCC)C(=O)[C@H]1CCCO1. The number of ether oxygens (including phenoxy) is 2. The first-order chi connectivity index (χ1) is 8.19. The van der Waals surface area contributed by atoms with Crippen LogP contribution < -0.4 is 0 Å². The van der Waals surface area contributed by atoms with Crippen molar-refractivity contribution in [3.05, 3.63) is 0 Å². The molecule has 0 spiro atoms. The monoisotopic (exact) mass is 243 g/mol. The number of esters is 1. The van der Waals surface area contributed by atoms with Gasteiger partial charge in [0.2, 0.25) is 0 Å². The Balaban J connectivity index is 2.51. The Morgan fingerprint density at radius 1 is 1.41 bits per heavy atom. The highest BCUT2D eigenvalue weighted by Gasteiger charge is 2.29. The minimum absolute atomic E-state index is 0.0281. The molecular formula is C12H21NO4. The summed E-state index contributed by atoms with van der Waals surface area (Å²) in [5.74, 6) is -0.440. The van der Waals surface area contributed by atoms with E-state index in [4.69, 9.17) is 9.47 Å². The Bertz CT molecular complexity index is 261. The van der Waals surface area contributed by atoms with E-state index < -0.39 is 0 Å². The van der Waals surface area contributed by atoms with E-state index in [1.165, 1.54) is 4.90 Å². The van der Waals surface area contributed by atoms with Crippen LogP contribution in [0.1, 0.15) is 33.1 Å². The zero-order valence-corrected chi connectivity index (χ0v) is 10.6. The van der Waals surface area contributed by atoms with E-state index >= 15 is 0 Å². The predicted molar refractivity (Wildman–Crippen MR) is 62.5 cm³/mol. The Kier molecular flexibility index (Phi) is 5.97. The van der Waals surface area contributed by atoms with Gasteiger partial charge in [0.25, 0.3) is 5.91 Å². The highest BCUT2D eigenvalue weighted by atomic mass is 16.5. The van der Waals surface area contributed by atoms with Gasteiger partial charge in [0.1, 0.15) is 12.6 Å². The number of carbonyl (C=O) groups excluding carboxylic acids is 2. The molecule has 1 atom stereocenters. The summed E-state index contributed by atoms with van der Waals surface area (Å²) in [6, 6.07) is 0. The molecule has 17 heavy (non-hydrogen) atoms. The second kappa shape index (κ2) is 7.27. The van der Waals surface area contributed by atoms with Gasteiger partial charge < -0.3 is 14.4 Å². The highest BCUT2D eigenvalue weighted by Crippen LogP contribution is 2.15. The summed E-state index contributed by atoms with van der Waals surface area (Å²) >= 11 is 0. The number of hydrogen-bond donors (Lipinski definition) is 0. The maximum atomic E-state index is 12.1.